The van der Waals surface area contributed by atoms with Gasteiger partial charge in [-0.15, -0.1) is 0 Å². The second kappa shape index (κ2) is 5.31. The van der Waals surface area contributed by atoms with Crippen LogP contribution in [0.2, 0.25) is 15.2 Å². The van der Waals surface area contributed by atoms with E-state index in [1.807, 2.05) is 6.07 Å². The molecule has 1 heterocycles. The molecule has 17 heavy (non-hydrogen) atoms. The number of hydrogen-bond donors (Lipinski definition) is 1. The fourth-order valence-corrected chi connectivity index (χ4v) is 2.61. The Bertz CT molecular complexity index is 542. The lowest BCUT2D eigenvalue weighted by atomic mass is 10.4. The van der Waals surface area contributed by atoms with E-state index < -0.39 is 0 Å². The molecule has 0 saturated heterocycles. The number of hydrogen-bond acceptors (Lipinski definition) is 4. The summed E-state index contributed by atoms with van der Waals surface area (Å²) < 4.78 is 0. The number of benzene rings is 1. The highest BCUT2D eigenvalue weighted by Gasteiger charge is 2.05. The lowest BCUT2D eigenvalue weighted by Crippen LogP contribution is -1.95. The molecule has 0 fully saturated rings. The summed E-state index contributed by atoms with van der Waals surface area (Å²) in [7, 11) is 0. The van der Waals surface area contributed by atoms with Crippen molar-refractivity contribution in [2.45, 2.75) is 9.92 Å². The van der Waals surface area contributed by atoms with Crippen molar-refractivity contribution >= 4 is 52.5 Å². The van der Waals surface area contributed by atoms with Crippen molar-refractivity contribution < 1.29 is 0 Å². The number of anilines is 1. The molecule has 2 rings (SSSR count). The van der Waals surface area contributed by atoms with Crippen LogP contribution in [0.15, 0.2) is 34.2 Å². The van der Waals surface area contributed by atoms with Crippen LogP contribution in [0.25, 0.3) is 0 Å². The third-order valence-corrected chi connectivity index (χ3v) is 3.64. The van der Waals surface area contributed by atoms with Crippen molar-refractivity contribution in [1.82, 2.24) is 9.97 Å². The van der Waals surface area contributed by atoms with Gasteiger partial charge in [0, 0.05) is 11.0 Å². The van der Waals surface area contributed by atoms with Crippen molar-refractivity contribution in [2.75, 3.05) is 5.73 Å². The summed E-state index contributed by atoms with van der Waals surface area (Å²) in [5.74, 6) is 0.139. The van der Waals surface area contributed by atoms with Crippen molar-refractivity contribution in [2.24, 2.45) is 0 Å². The second-order valence-electron chi connectivity index (χ2n) is 3.07. The molecule has 0 radical (unpaired) electrons. The molecule has 0 saturated carbocycles. The van der Waals surface area contributed by atoms with Gasteiger partial charge < -0.3 is 5.73 Å². The molecule has 7 heteroatoms. The molecule has 0 unspecified atom stereocenters. The maximum atomic E-state index is 5.91. The maximum Gasteiger partial charge on any atom is 0.222 e. The van der Waals surface area contributed by atoms with E-state index in [1.54, 1.807) is 18.2 Å². The Morgan fingerprint density at radius 2 is 1.76 bits per heavy atom. The largest absolute Gasteiger partial charge is 0.368 e. The Kier molecular flexibility index (Phi) is 3.99. The van der Waals surface area contributed by atoms with E-state index in [1.165, 1.54) is 11.8 Å². The van der Waals surface area contributed by atoms with Crippen LogP contribution in [0.5, 0.6) is 0 Å². The monoisotopic (exact) mass is 305 g/mol. The van der Waals surface area contributed by atoms with Crippen molar-refractivity contribution in [3.05, 3.63) is 39.5 Å². The van der Waals surface area contributed by atoms with Gasteiger partial charge in [0.2, 0.25) is 5.95 Å². The Hall–Kier alpha value is -0.680. The normalized spacial score (nSPS) is 10.5. The zero-order valence-corrected chi connectivity index (χ0v) is 11.4. The molecule has 0 aliphatic carbocycles. The molecule has 2 N–H and O–H groups in total. The van der Waals surface area contributed by atoms with E-state index in [4.69, 9.17) is 40.5 Å². The minimum atomic E-state index is 0.139. The molecule has 0 aliphatic rings. The van der Waals surface area contributed by atoms with Gasteiger partial charge in [0.1, 0.15) is 10.2 Å². The molecule has 0 bridgehead atoms. The van der Waals surface area contributed by atoms with Crippen LogP contribution < -0.4 is 5.73 Å². The van der Waals surface area contributed by atoms with Crippen LogP contribution in [-0.4, -0.2) is 9.97 Å². The highest BCUT2D eigenvalue weighted by molar-refractivity contribution is 7.99. The van der Waals surface area contributed by atoms with E-state index in [2.05, 4.69) is 9.97 Å². The average Bonchev–Trinajstić information content (AvgIpc) is 2.22. The van der Waals surface area contributed by atoms with E-state index in [0.717, 1.165) is 4.90 Å². The van der Waals surface area contributed by atoms with E-state index in [9.17, 15) is 0 Å². The molecule has 1 aromatic heterocycles. The van der Waals surface area contributed by atoms with Crippen LogP contribution in [0.3, 0.4) is 0 Å². The highest BCUT2D eigenvalue weighted by atomic mass is 35.5. The minimum Gasteiger partial charge on any atom is -0.368 e. The Morgan fingerprint density at radius 1 is 1.00 bits per heavy atom. The summed E-state index contributed by atoms with van der Waals surface area (Å²) in [6.07, 6.45) is 0. The predicted molar refractivity (Wildman–Crippen MR) is 72.0 cm³/mol. The SMILES string of the molecule is Nc1nc(Cl)cc(Sc2ccc(Cl)c(Cl)c2)n1. The summed E-state index contributed by atoms with van der Waals surface area (Å²) in [5.41, 5.74) is 5.50. The summed E-state index contributed by atoms with van der Waals surface area (Å²) in [5, 5.41) is 1.96. The van der Waals surface area contributed by atoms with E-state index >= 15 is 0 Å². The van der Waals surface area contributed by atoms with E-state index in [-0.39, 0.29) is 5.95 Å². The van der Waals surface area contributed by atoms with Gasteiger partial charge in [-0.3, -0.25) is 0 Å². The molecule has 2 aromatic rings. The van der Waals surface area contributed by atoms with Gasteiger partial charge in [0.05, 0.1) is 10.0 Å². The van der Waals surface area contributed by atoms with Crippen LogP contribution in [0, 0.1) is 0 Å². The lowest BCUT2D eigenvalue weighted by molar-refractivity contribution is 1.06. The molecule has 88 valence electrons. The maximum absolute atomic E-state index is 5.91. The molecule has 0 spiro atoms. The summed E-state index contributed by atoms with van der Waals surface area (Å²) >= 11 is 18.9. The first-order chi connectivity index (χ1) is 8.04. The summed E-state index contributed by atoms with van der Waals surface area (Å²) in [6, 6.07) is 6.94. The predicted octanol–water partition coefficient (Wildman–Crippen LogP) is 4.17. The molecule has 0 aliphatic heterocycles. The highest BCUT2D eigenvalue weighted by Crippen LogP contribution is 2.32. The third kappa shape index (κ3) is 3.39. The van der Waals surface area contributed by atoms with Gasteiger partial charge in [-0.1, -0.05) is 46.6 Å². The Morgan fingerprint density at radius 3 is 2.41 bits per heavy atom. The van der Waals surface area contributed by atoms with Gasteiger partial charge in [0.15, 0.2) is 0 Å². The zero-order chi connectivity index (χ0) is 12.4. The molecular weight excluding hydrogens is 301 g/mol. The lowest BCUT2D eigenvalue weighted by Gasteiger charge is -2.03. The summed E-state index contributed by atoms with van der Waals surface area (Å²) in [6.45, 7) is 0. The van der Waals surface area contributed by atoms with Crippen LogP contribution in [0.1, 0.15) is 0 Å². The average molecular weight is 307 g/mol. The van der Waals surface area contributed by atoms with Crippen LogP contribution in [-0.2, 0) is 0 Å². The van der Waals surface area contributed by atoms with E-state index in [0.29, 0.717) is 20.2 Å². The van der Waals surface area contributed by atoms with Gasteiger partial charge in [0.25, 0.3) is 0 Å². The smallest absolute Gasteiger partial charge is 0.222 e. The molecule has 1 aromatic carbocycles. The van der Waals surface area contributed by atoms with Crippen molar-refractivity contribution in [1.29, 1.82) is 0 Å². The van der Waals surface area contributed by atoms with Crippen LogP contribution in [0.4, 0.5) is 5.95 Å². The quantitative estimate of drug-likeness (QED) is 0.846. The zero-order valence-electron chi connectivity index (χ0n) is 8.32. The van der Waals surface area contributed by atoms with Gasteiger partial charge in [-0.25, -0.2) is 9.97 Å². The Balaban J connectivity index is 2.28. The molecular formula is C10H6Cl3N3S. The summed E-state index contributed by atoms with van der Waals surface area (Å²) in [4.78, 5) is 8.73. The third-order valence-electron chi connectivity index (χ3n) is 1.80. The fraction of sp³-hybridized carbons (Fsp3) is 0. The topological polar surface area (TPSA) is 51.8 Å². The Labute approximate surface area is 117 Å². The minimum absolute atomic E-state index is 0.139. The molecule has 3 nitrogen and oxygen atoms in total. The number of halogens is 3. The van der Waals surface area contributed by atoms with Gasteiger partial charge in [-0.05, 0) is 18.2 Å². The number of nitrogens with zero attached hydrogens (tertiary/aromatic N) is 2. The molecule has 0 amide bonds. The number of nitrogen functional groups attached to an aromatic ring is 1. The first kappa shape index (κ1) is 12.8. The van der Waals surface area contributed by atoms with Gasteiger partial charge in [-0.2, -0.15) is 0 Å². The first-order valence-corrected chi connectivity index (χ1v) is 6.42. The number of rotatable bonds is 2. The standard InChI is InChI=1S/C10H6Cl3N3S/c11-6-2-1-5(3-7(6)12)17-9-4-8(13)15-10(14)16-9/h1-4H,(H2,14,15,16). The second-order valence-corrected chi connectivity index (χ2v) is 5.36. The van der Waals surface area contributed by atoms with Crippen LogP contribution >= 0.6 is 46.6 Å². The number of aromatic nitrogens is 2. The number of nitrogens with two attached hydrogens (primary N) is 1. The first-order valence-electron chi connectivity index (χ1n) is 4.47. The fourth-order valence-electron chi connectivity index (χ4n) is 1.13. The van der Waals surface area contributed by atoms with Crippen molar-refractivity contribution in [3.8, 4) is 0 Å². The molecule has 0 atom stereocenters. The van der Waals surface area contributed by atoms with Crippen molar-refractivity contribution in [3.63, 3.8) is 0 Å². The van der Waals surface area contributed by atoms with Gasteiger partial charge >= 0.3 is 0 Å².